The molecule has 0 atom stereocenters. The first-order valence-electron chi connectivity index (χ1n) is 9.66. The quantitative estimate of drug-likeness (QED) is 0.263. The molecule has 4 rings (SSSR count). The maximum Gasteiger partial charge on any atom is 0.441 e. The van der Waals surface area contributed by atoms with Crippen molar-refractivity contribution >= 4 is 35.1 Å². The SMILES string of the molecule is CCOC(=O)CP(=O)(Oc1ccc2ccccc2c1)Oc1ccc2ccccc2c1. The van der Waals surface area contributed by atoms with Crippen molar-refractivity contribution < 1.29 is 23.1 Å². The minimum atomic E-state index is -3.88. The average Bonchev–Trinajstić information content (AvgIpc) is 2.73. The summed E-state index contributed by atoms with van der Waals surface area (Å²) in [6.07, 6.45) is -0.486. The van der Waals surface area contributed by atoms with Crippen LogP contribution in [0.15, 0.2) is 84.9 Å². The lowest BCUT2D eigenvalue weighted by molar-refractivity contribution is -0.140. The highest BCUT2D eigenvalue weighted by atomic mass is 31.2. The van der Waals surface area contributed by atoms with Crippen molar-refractivity contribution in [2.75, 3.05) is 12.8 Å². The van der Waals surface area contributed by atoms with Crippen molar-refractivity contribution in [1.29, 1.82) is 0 Å². The summed E-state index contributed by atoms with van der Waals surface area (Å²) < 4.78 is 30.1. The van der Waals surface area contributed by atoms with Crippen LogP contribution in [0, 0.1) is 0 Å². The fourth-order valence-corrected chi connectivity index (χ4v) is 4.66. The molecule has 0 aliphatic carbocycles. The van der Waals surface area contributed by atoms with Crippen molar-refractivity contribution in [3.8, 4) is 11.5 Å². The zero-order valence-electron chi connectivity index (χ0n) is 16.5. The number of carbonyl (C=O) groups is 1. The number of fused-ring (bicyclic) bond motifs is 2. The standard InChI is InChI=1S/C24H21O5P/c1-2-27-24(25)17-30(26,28-22-13-11-18-7-3-5-9-20(18)15-22)29-23-14-12-19-8-4-6-10-21(19)16-23/h3-16H,2,17H2,1H3. The van der Waals surface area contributed by atoms with Crippen molar-refractivity contribution in [1.82, 2.24) is 0 Å². The van der Waals surface area contributed by atoms with E-state index in [-0.39, 0.29) is 6.61 Å². The van der Waals surface area contributed by atoms with Gasteiger partial charge in [-0.25, -0.2) is 4.57 Å². The highest BCUT2D eigenvalue weighted by Crippen LogP contribution is 2.49. The largest absolute Gasteiger partial charge is 0.465 e. The van der Waals surface area contributed by atoms with Gasteiger partial charge < -0.3 is 13.8 Å². The van der Waals surface area contributed by atoms with E-state index in [9.17, 15) is 9.36 Å². The third-order valence-electron chi connectivity index (χ3n) is 4.56. The first kappa shape index (κ1) is 20.0. The second-order valence-corrected chi connectivity index (χ2v) is 8.68. The van der Waals surface area contributed by atoms with Gasteiger partial charge in [0.05, 0.1) is 6.61 Å². The first-order chi connectivity index (χ1) is 14.5. The van der Waals surface area contributed by atoms with E-state index in [0.29, 0.717) is 11.5 Å². The summed E-state index contributed by atoms with van der Waals surface area (Å²) in [7, 11) is -3.88. The van der Waals surface area contributed by atoms with Crippen LogP contribution in [-0.2, 0) is 14.1 Å². The summed E-state index contributed by atoms with van der Waals surface area (Å²) in [5.74, 6) is 0.0895. The Balaban J connectivity index is 1.65. The summed E-state index contributed by atoms with van der Waals surface area (Å²) in [5.41, 5.74) is 0. The van der Waals surface area contributed by atoms with Crippen LogP contribution in [0.5, 0.6) is 11.5 Å². The molecule has 0 unspecified atom stereocenters. The minimum absolute atomic E-state index is 0.185. The molecule has 0 spiro atoms. The highest BCUT2D eigenvalue weighted by molar-refractivity contribution is 7.55. The number of benzene rings is 4. The number of carbonyl (C=O) groups excluding carboxylic acids is 1. The maximum absolute atomic E-state index is 13.6. The Bertz CT molecular complexity index is 1170. The Morgan fingerprint density at radius 2 is 1.20 bits per heavy atom. The van der Waals surface area contributed by atoms with Gasteiger partial charge in [-0.2, -0.15) is 0 Å². The van der Waals surface area contributed by atoms with Crippen LogP contribution in [0.25, 0.3) is 21.5 Å². The molecule has 4 aromatic carbocycles. The Labute approximate surface area is 174 Å². The van der Waals surface area contributed by atoms with E-state index in [0.717, 1.165) is 21.5 Å². The molecule has 0 amide bonds. The number of ether oxygens (including phenoxy) is 1. The molecule has 0 N–H and O–H groups in total. The summed E-state index contributed by atoms with van der Waals surface area (Å²) in [5, 5.41) is 3.92. The summed E-state index contributed by atoms with van der Waals surface area (Å²) in [6.45, 7) is 1.88. The maximum atomic E-state index is 13.6. The van der Waals surface area contributed by atoms with Crippen LogP contribution in [0.1, 0.15) is 6.92 Å². The second kappa shape index (κ2) is 8.60. The van der Waals surface area contributed by atoms with E-state index < -0.39 is 19.7 Å². The summed E-state index contributed by atoms with van der Waals surface area (Å²) in [6, 6.07) is 26.2. The van der Waals surface area contributed by atoms with Crippen molar-refractivity contribution in [2.24, 2.45) is 0 Å². The lowest BCUT2D eigenvalue weighted by Crippen LogP contribution is -2.15. The fraction of sp³-hybridized carbons (Fsp3) is 0.125. The van der Waals surface area contributed by atoms with Crippen LogP contribution in [-0.4, -0.2) is 18.7 Å². The Morgan fingerprint density at radius 3 is 1.67 bits per heavy atom. The first-order valence-corrected chi connectivity index (χ1v) is 11.4. The van der Waals surface area contributed by atoms with Gasteiger partial charge in [-0.3, -0.25) is 4.79 Å². The molecule has 0 radical (unpaired) electrons. The predicted octanol–water partition coefficient (Wildman–Crippen LogP) is 6.21. The molecule has 152 valence electrons. The zero-order chi connectivity index (χ0) is 21.0. The van der Waals surface area contributed by atoms with Crippen molar-refractivity contribution in [3.05, 3.63) is 84.9 Å². The molecular weight excluding hydrogens is 399 g/mol. The molecule has 0 aliphatic heterocycles. The number of esters is 1. The van der Waals surface area contributed by atoms with Crippen molar-refractivity contribution in [3.63, 3.8) is 0 Å². The zero-order valence-corrected chi connectivity index (χ0v) is 17.4. The molecule has 30 heavy (non-hydrogen) atoms. The molecule has 6 heteroatoms. The highest BCUT2D eigenvalue weighted by Gasteiger charge is 2.33. The third-order valence-corrected chi connectivity index (χ3v) is 6.18. The van der Waals surface area contributed by atoms with Gasteiger partial charge in [0.15, 0.2) is 6.16 Å². The Kier molecular flexibility index (Phi) is 5.73. The smallest absolute Gasteiger partial charge is 0.441 e. The average molecular weight is 420 g/mol. The molecule has 0 fully saturated rings. The normalized spacial score (nSPS) is 11.4. The van der Waals surface area contributed by atoms with E-state index in [4.69, 9.17) is 13.8 Å². The molecular formula is C24H21O5P. The summed E-state index contributed by atoms with van der Waals surface area (Å²) >= 11 is 0. The molecule has 4 aromatic rings. The van der Waals surface area contributed by atoms with Gasteiger partial charge >= 0.3 is 13.6 Å². The third kappa shape index (κ3) is 4.64. The fourth-order valence-electron chi connectivity index (χ4n) is 3.22. The van der Waals surface area contributed by atoms with E-state index in [1.165, 1.54) is 0 Å². The Morgan fingerprint density at radius 1 is 0.733 bits per heavy atom. The van der Waals surface area contributed by atoms with Gasteiger partial charge in [-0.05, 0) is 52.7 Å². The minimum Gasteiger partial charge on any atom is -0.465 e. The second-order valence-electron chi connectivity index (χ2n) is 6.77. The van der Waals surface area contributed by atoms with Crippen LogP contribution in [0.2, 0.25) is 0 Å². The van der Waals surface area contributed by atoms with E-state index >= 15 is 0 Å². The Hall–Kier alpha value is -3.30. The van der Waals surface area contributed by atoms with Crippen LogP contribution in [0.3, 0.4) is 0 Å². The number of hydrogen-bond acceptors (Lipinski definition) is 5. The van der Waals surface area contributed by atoms with E-state index in [1.54, 1.807) is 31.2 Å². The predicted molar refractivity (Wildman–Crippen MR) is 118 cm³/mol. The van der Waals surface area contributed by atoms with Crippen molar-refractivity contribution in [2.45, 2.75) is 6.92 Å². The number of hydrogen-bond donors (Lipinski definition) is 0. The van der Waals surface area contributed by atoms with Gasteiger partial charge in [0.25, 0.3) is 0 Å². The molecule has 0 aromatic heterocycles. The van der Waals surface area contributed by atoms with Crippen LogP contribution in [0.4, 0.5) is 0 Å². The van der Waals surface area contributed by atoms with Gasteiger partial charge in [-0.15, -0.1) is 0 Å². The molecule has 0 saturated heterocycles. The van der Waals surface area contributed by atoms with Crippen LogP contribution >= 0.6 is 7.60 Å². The monoisotopic (exact) mass is 420 g/mol. The van der Waals surface area contributed by atoms with Gasteiger partial charge in [0.2, 0.25) is 0 Å². The molecule has 0 heterocycles. The number of rotatable bonds is 7. The van der Waals surface area contributed by atoms with Gasteiger partial charge in [0.1, 0.15) is 11.5 Å². The topological polar surface area (TPSA) is 61.8 Å². The molecule has 0 saturated carbocycles. The lowest BCUT2D eigenvalue weighted by atomic mass is 10.1. The van der Waals surface area contributed by atoms with E-state index in [2.05, 4.69) is 0 Å². The molecule has 5 nitrogen and oxygen atoms in total. The summed E-state index contributed by atoms with van der Waals surface area (Å²) in [4.78, 5) is 12.1. The van der Waals surface area contributed by atoms with Crippen LogP contribution < -0.4 is 9.05 Å². The molecule has 0 aliphatic rings. The van der Waals surface area contributed by atoms with Gasteiger partial charge in [0, 0.05) is 0 Å². The van der Waals surface area contributed by atoms with E-state index in [1.807, 2.05) is 60.7 Å². The molecule has 0 bridgehead atoms. The van der Waals surface area contributed by atoms with Gasteiger partial charge in [-0.1, -0.05) is 60.7 Å². The lowest BCUT2D eigenvalue weighted by Gasteiger charge is -2.20.